The van der Waals surface area contributed by atoms with Gasteiger partial charge >= 0.3 is 6.18 Å². The number of nitrogens with zero attached hydrogens (tertiary/aromatic N) is 1. The maximum atomic E-state index is 11.7. The van der Waals surface area contributed by atoms with Crippen LogP contribution in [0.3, 0.4) is 0 Å². The van der Waals surface area contributed by atoms with E-state index >= 15 is 0 Å². The van der Waals surface area contributed by atoms with E-state index in [9.17, 15) is 13.2 Å². The molecule has 0 unspecified atom stereocenters. The molecular weight excluding hydrogens is 187 g/mol. The van der Waals surface area contributed by atoms with E-state index in [1.54, 1.807) is 0 Å². The predicted octanol–water partition coefficient (Wildman–Crippen LogP) is 2.68. The van der Waals surface area contributed by atoms with Crippen LogP contribution in [0.5, 0.6) is 0 Å². The molecule has 1 fully saturated rings. The van der Waals surface area contributed by atoms with Gasteiger partial charge in [0.2, 0.25) is 0 Å². The fourth-order valence-electron chi connectivity index (χ4n) is 1.11. The van der Waals surface area contributed by atoms with Crippen LogP contribution < -0.4 is 0 Å². The Bertz CT molecular complexity index is 131. The Morgan fingerprint density at radius 2 is 1.75 bits per heavy atom. The average Bonchev–Trinajstić information content (AvgIpc) is 2.36. The third-order valence-electron chi connectivity index (χ3n) is 1.72. The summed E-state index contributed by atoms with van der Waals surface area (Å²) in [7, 11) is 0. The predicted molar refractivity (Wildman–Crippen MR) is 43.9 cm³/mol. The molecule has 1 heterocycles. The molecule has 0 aromatic rings. The van der Waals surface area contributed by atoms with Gasteiger partial charge in [-0.15, -0.1) is 0 Å². The molecule has 1 aliphatic heterocycles. The van der Waals surface area contributed by atoms with Gasteiger partial charge in [0, 0.05) is 18.8 Å². The zero-order chi connectivity index (χ0) is 9.03. The van der Waals surface area contributed by atoms with Crippen molar-refractivity contribution in [3.05, 3.63) is 0 Å². The van der Waals surface area contributed by atoms with Gasteiger partial charge in [-0.25, -0.2) is 0 Å². The monoisotopic (exact) mass is 199 g/mol. The van der Waals surface area contributed by atoms with E-state index in [-0.39, 0.29) is 5.75 Å². The minimum atomic E-state index is -3.99. The third kappa shape index (κ3) is 4.21. The van der Waals surface area contributed by atoms with Crippen LogP contribution in [-0.2, 0) is 0 Å². The Balaban J connectivity index is 2.02. The fraction of sp³-hybridized carbons (Fsp3) is 1.00. The summed E-state index contributed by atoms with van der Waals surface area (Å²) in [6, 6.07) is 0. The Morgan fingerprint density at radius 1 is 1.17 bits per heavy atom. The highest BCUT2D eigenvalue weighted by Crippen LogP contribution is 2.25. The summed E-state index contributed by atoms with van der Waals surface area (Å²) in [6.07, 6.45) is -2.42. The smallest absolute Gasteiger partial charge is 0.251 e. The number of rotatable bonds is 3. The van der Waals surface area contributed by atoms with E-state index in [4.69, 9.17) is 0 Å². The zero-order valence-electron chi connectivity index (χ0n) is 6.73. The third-order valence-corrected chi connectivity index (χ3v) is 2.84. The first-order valence-corrected chi connectivity index (χ1v) is 4.97. The second-order valence-electron chi connectivity index (χ2n) is 2.83. The average molecular weight is 199 g/mol. The molecule has 0 bridgehead atoms. The van der Waals surface area contributed by atoms with E-state index in [0.717, 1.165) is 25.9 Å². The van der Waals surface area contributed by atoms with Crippen LogP contribution in [-0.4, -0.2) is 29.3 Å². The molecule has 5 heteroatoms. The number of alkyl halides is 3. The maximum absolute atomic E-state index is 11.7. The lowest BCUT2D eigenvalue weighted by Gasteiger charge is -2.13. The van der Waals surface area contributed by atoms with E-state index in [2.05, 4.69) is 0 Å². The van der Waals surface area contributed by atoms with Crippen LogP contribution in [0.2, 0.25) is 0 Å². The van der Waals surface area contributed by atoms with Crippen LogP contribution in [0.1, 0.15) is 19.3 Å². The summed E-state index contributed by atoms with van der Waals surface area (Å²) in [5.41, 5.74) is 0. The van der Waals surface area contributed by atoms with Gasteiger partial charge in [0.15, 0.2) is 0 Å². The molecule has 0 aromatic carbocycles. The summed E-state index contributed by atoms with van der Waals surface area (Å²) in [5.74, 6) is 0.170. The van der Waals surface area contributed by atoms with Crippen LogP contribution in [0.15, 0.2) is 0 Å². The normalized spacial score (nSPS) is 20.2. The molecule has 0 N–H and O–H groups in total. The fourth-order valence-corrected chi connectivity index (χ4v) is 2.21. The Hall–Kier alpha value is 0.1000. The molecule has 0 atom stereocenters. The number of hydrogen-bond acceptors (Lipinski definition) is 2. The van der Waals surface area contributed by atoms with Gasteiger partial charge in [0.25, 0.3) is 0 Å². The Labute approximate surface area is 74.4 Å². The molecule has 1 saturated heterocycles. The Morgan fingerprint density at radius 3 is 2.25 bits per heavy atom. The lowest BCUT2D eigenvalue weighted by atomic mass is 10.4. The lowest BCUT2D eigenvalue weighted by Crippen LogP contribution is -2.14. The molecule has 0 spiro atoms. The summed E-state index contributed by atoms with van der Waals surface area (Å²) < 4.78 is 37.1. The van der Waals surface area contributed by atoms with Crippen molar-refractivity contribution in [2.24, 2.45) is 0 Å². The van der Waals surface area contributed by atoms with E-state index < -0.39 is 12.6 Å². The molecule has 72 valence electrons. The summed E-state index contributed by atoms with van der Waals surface area (Å²) >= 11 is 1.32. The number of halogens is 3. The second kappa shape index (κ2) is 4.37. The van der Waals surface area contributed by atoms with Crippen LogP contribution in [0.4, 0.5) is 13.2 Å². The highest BCUT2D eigenvalue weighted by molar-refractivity contribution is 7.97. The van der Waals surface area contributed by atoms with Crippen LogP contribution >= 0.6 is 11.9 Å². The molecule has 1 rings (SSSR count). The first-order chi connectivity index (χ1) is 5.58. The van der Waals surface area contributed by atoms with Gasteiger partial charge in [0.1, 0.15) is 0 Å². The molecular formula is C7H12F3NS. The molecule has 0 amide bonds. The first-order valence-electron chi connectivity index (χ1n) is 4.02. The molecule has 1 aliphatic rings. The van der Waals surface area contributed by atoms with Gasteiger partial charge in [-0.3, -0.25) is 4.31 Å². The SMILES string of the molecule is FC(F)(F)CCSN1CCCC1. The van der Waals surface area contributed by atoms with Gasteiger partial charge in [0.05, 0.1) is 6.42 Å². The molecule has 0 saturated carbocycles. The van der Waals surface area contributed by atoms with Gasteiger partial charge in [-0.2, -0.15) is 13.2 Å². The van der Waals surface area contributed by atoms with Crippen molar-refractivity contribution >= 4 is 11.9 Å². The van der Waals surface area contributed by atoms with E-state index in [1.165, 1.54) is 11.9 Å². The van der Waals surface area contributed by atoms with Crippen molar-refractivity contribution < 1.29 is 13.2 Å². The van der Waals surface area contributed by atoms with Crippen molar-refractivity contribution in [3.63, 3.8) is 0 Å². The summed E-state index contributed by atoms with van der Waals surface area (Å²) in [5, 5.41) is 0. The van der Waals surface area contributed by atoms with Crippen LogP contribution in [0.25, 0.3) is 0 Å². The highest BCUT2D eigenvalue weighted by atomic mass is 32.2. The summed E-state index contributed by atoms with van der Waals surface area (Å²) in [4.78, 5) is 0. The van der Waals surface area contributed by atoms with Crippen molar-refractivity contribution in [2.75, 3.05) is 18.8 Å². The second-order valence-corrected chi connectivity index (χ2v) is 4.02. The molecule has 0 aliphatic carbocycles. The van der Waals surface area contributed by atoms with E-state index in [1.807, 2.05) is 4.31 Å². The maximum Gasteiger partial charge on any atom is 0.389 e. The van der Waals surface area contributed by atoms with Crippen molar-refractivity contribution in [2.45, 2.75) is 25.4 Å². The number of hydrogen-bond donors (Lipinski definition) is 0. The van der Waals surface area contributed by atoms with Crippen LogP contribution in [0, 0.1) is 0 Å². The standard InChI is InChI=1S/C7H12F3NS/c8-7(9,10)3-6-12-11-4-1-2-5-11/h1-6H2. The molecule has 1 nitrogen and oxygen atoms in total. The summed E-state index contributed by atoms with van der Waals surface area (Å²) in [6.45, 7) is 1.89. The van der Waals surface area contributed by atoms with Gasteiger partial charge < -0.3 is 0 Å². The Kier molecular flexibility index (Phi) is 3.71. The topological polar surface area (TPSA) is 3.24 Å². The largest absolute Gasteiger partial charge is 0.389 e. The quantitative estimate of drug-likeness (QED) is 0.643. The van der Waals surface area contributed by atoms with Gasteiger partial charge in [-0.1, -0.05) is 11.9 Å². The van der Waals surface area contributed by atoms with Crippen molar-refractivity contribution in [3.8, 4) is 0 Å². The highest BCUT2D eigenvalue weighted by Gasteiger charge is 2.27. The first kappa shape index (κ1) is 10.2. The van der Waals surface area contributed by atoms with Crippen molar-refractivity contribution in [1.29, 1.82) is 0 Å². The van der Waals surface area contributed by atoms with E-state index in [0.29, 0.717) is 0 Å². The zero-order valence-corrected chi connectivity index (χ0v) is 7.55. The minimum absolute atomic E-state index is 0.170. The van der Waals surface area contributed by atoms with Crippen molar-refractivity contribution in [1.82, 2.24) is 4.31 Å². The molecule has 12 heavy (non-hydrogen) atoms. The minimum Gasteiger partial charge on any atom is -0.251 e. The molecule has 0 radical (unpaired) electrons. The van der Waals surface area contributed by atoms with Gasteiger partial charge in [-0.05, 0) is 12.8 Å². The lowest BCUT2D eigenvalue weighted by molar-refractivity contribution is -0.129. The molecule has 0 aromatic heterocycles.